The highest BCUT2D eigenvalue weighted by Crippen LogP contribution is 2.33. The lowest BCUT2D eigenvalue weighted by Gasteiger charge is -2.29. The summed E-state index contributed by atoms with van der Waals surface area (Å²) in [5.74, 6) is 5.99. The highest BCUT2D eigenvalue weighted by Gasteiger charge is 2.39. The van der Waals surface area contributed by atoms with Crippen LogP contribution < -0.4 is 16.0 Å². The minimum absolute atomic E-state index is 0.252. The largest absolute Gasteiger partial charge is 0.444 e. The van der Waals surface area contributed by atoms with Gasteiger partial charge in [0.05, 0.1) is 12.2 Å². The van der Waals surface area contributed by atoms with Crippen LogP contribution in [0, 0.1) is 11.8 Å². The van der Waals surface area contributed by atoms with Gasteiger partial charge in [-0.1, -0.05) is 78.7 Å². The van der Waals surface area contributed by atoms with Crippen LogP contribution in [0.15, 0.2) is 91.1 Å². The lowest BCUT2D eigenvalue weighted by molar-refractivity contribution is -0.140. The van der Waals surface area contributed by atoms with Crippen LogP contribution in [0.3, 0.4) is 0 Å². The van der Waals surface area contributed by atoms with E-state index in [0.717, 1.165) is 17.5 Å². The molecule has 0 bridgehead atoms. The van der Waals surface area contributed by atoms with E-state index in [1.54, 1.807) is 89.0 Å². The molecule has 1 aromatic heterocycles. The van der Waals surface area contributed by atoms with Gasteiger partial charge in [-0.2, -0.15) is 0 Å². The molecule has 14 heteroatoms. The maximum Gasteiger partial charge on any atom is 0.408 e. The van der Waals surface area contributed by atoms with Crippen molar-refractivity contribution in [3.8, 4) is 11.8 Å². The summed E-state index contributed by atoms with van der Waals surface area (Å²) in [4.78, 5) is 78.1. The van der Waals surface area contributed by atoms with Crippen LogP contribution in [-0.4, -0.2) is 80.0 Å². The van der Waals surface area contributed by atoms with E-state index in [1.165, 1.54) is 4.90 Å². The van der Waals surface area contributed by atoms with E-state index in [1.807, 2.05) is 48.5 Å². The normalized spacial score (nSPS) is 17.3. The summed E-state index contributed by atoms with van der Waals surface area (Å²) in [6, 6.07) is 22.6. The number of likely N-dealkylation sites (tertiary alicyclic amines) is 2. The van der Waals surface area contributed by atoms with Crippen LogP contribution in [0.4, 0.5) is 9.59 Å². The van der Waals surface area contributed by atoms with Crippen LogP contribution >= 0.6 is 0 Å². The van der Waals surface area contributed by atoms with Gasteiger partial charge in [-0.05, 0) is 102 Å². The first-order chi connectivity index (χ1) is 29.0. The van der Waals surface area contributed by atoms with Crippen molar-refractivity contribution in [1.82, 2.24) is 35.7 Å². The maximum absolute atomic E-state index is 14.0. The third kappa shape index (κ3) is 12.0. The number of nitrogens with one attached hydrogen (secondary N) is 4. The number of benzene rings is 3. The Morgan fingerprint density at radius 1 is 0.721 bits per heavy atom. The van der Waals surface area contributed by atoms with Crippen molar-refractivity contribution in [3.05, 3.63) is 125 Å². The zero-order valence-corrected chi connectivity index (χ0v) is 35.6. The predicted molar refractivity (Wildman–Crippen MR) is 228 cm³/mol. The van der Waals surface area contributed by atoms with Gasteiger partial charge in [0.25, 0.3) is 11.8 Å². The van der Waals surface area contributed by atoms with Crippen molar-refractivity contribution in [1.29, 1.82) is 0 Å². The predicted octanol–water partition coefficient (Wildman–Crippen LogP) is 6.61. The van der Waals surface area contributed by atoms with E-state index in [4.69, 9.17) is 9.47 Å². The van der Waals surface area contributed by atoms with Gasteiger partial charge < -0.3 is 40.2 Å². The SMILES string of the molecule is CC(C)(C)OC(=O)N[C@@H](C(=O)N1CCC[C@H]1C(=O)NCc1ccc(C#Cc2cnc([C@@H]3CCCN3C(=O)[C@H](NC(=O)OC(C)(C)C)c3ccccc3)[nH]2)cc1)c1ccccc1. The molecule has 4 aromatic rings. The second-order valence-corrected chi connectivity index (χ2v) is 17.2. The second kappa shape index (κ2) is 19.2. The van der Waals surface area contributed by atoms with Gasteiger partial charge in [-0.25, -0.2) is 14.6 Å². The summed E-state index contributed by atoms with van der Waals surface area (Å²) in [5, 5.41) is 8.48. The number of nitrogens with zero attached hydrogens (tertiary/aromatic N) is 3. The number of amides is 5. The van der Waals surface area contributed by atoms with Gasteiger partial charge in [-0.15, -0.1) is 0 Å². The first-order valence-corrected chi connectivity index (χ1v) is 20.7. The average molecular weight is 830 g/mol. The summed E-state index contributed by atoms with van der Waals surface area (Å²) in [5.41, 5.74) is 1.96. The van der Waals surface area contributed by atoms with Gasteiger partial charge in [-0.3, -0.25) is 14.4 Å². The highest BCUT2D eigenvalue weighted by molar-refractivity contribution is 5.92. The molecule has 0 aliphatic carbocycles. The molecule has 4 atom stereocenters. The molecule has 0 saturated carbocycles. The zero-order valence-electron chi connectivity index (χ0n) is 35.6. The Labute approximate surface area is 357 Å². The Kier molecular flexibility index (Phi) is 13.8. The molecule has 3 heterocycles. The van der Waals surface area contributed by atoms with Gasteiger partial charge in [0.1, 0.15) is 40.8 Å². The van der Waals surface area contributed by atoms with Crippen LogP contribution in [0.1, 0.15) is 119 Å². The number of carbonyl (C=O) groups excluding carboxylic acids is 5. The number of aromatic amines is 1. The van der Waals surface area contributed by atoms with Crippen molar-refractivity contribution in [2.24, 2.45) is 0 Å². The van der Waals surface area contributed by atoms with Gasteiger partial charge >= 0.3 is 12.2 Å². The minimum Gasteiger partial charge on any atom is -0.444 e. The summed E-state index contributed by atoms with van der Waals surface area (Å²) in [6.45, 7) is 11.7. The second-order valence-electron chi connectivity index (χ2n) is 17.2. The van der Waals surface area contributed by atoms with Crippen molar-refractivity contribution in [3.63, 3.8) is 0 Å². The molecule has 2 saturated heterocycles. The van der Waals surface area contributed by atoms with Crippen molar-refractivity contribution in [2.45, 2.75) is 109 Å². The Balaban J connectivity index is 1.05. The molecule has 6 rings (SSSR count). The molecule has 0 spiro atoms. The van der Waals surface area contributed by atoms with Crippen molar-refractivity contribution < 1.29 is 33.4 Å². The summed E-state index contributed by atoms with van der Waals surface area (Å²) in [6.07, 6.45) is 2.89. The fourth-order valence-electron chi connectivity index (χ4n) is 7.39. The molecule has 14 nitrogen and oxygen atoms in total. The fraction of sp³-hybridized carbons (Fsp3) is 0.404. The van der Waals surface area contributed by atoms with E-state index in [0.29, 0.717) is 55.0 Å². The molecule has 2 aliphatic heterocycles. The van der Waals surface area contributed by atoms with Crippen LogP contribution in [0.25, 0.3) is 0 Å². The number of alkyl carbamates (subject to hydrolysis) is 2. The third-order valence-corrected chi connectivity index (χ3v) is 10.1. The zero-order chi connectivity index (χ0) is 43.7. The van der Waals surface area contributed by atoms with Gasteiger partial charge in [0.2, 0.25) is 5.91 Å². The number of rotatable bonds is 10. The molecule has 0 radical (unpaired) electrons. The molecule has 5 amide bonds. The Morgan fingerprint density at radius 3 is 1.80 bits per heavy atom. The fourth-order valence-corrected chi connectivity index (χ4v) is 7.39. The van der Waals surface area contributed by atoms with Crippen molar-refractivity contribution in [2.75, 3.05) is 13.1 Å². The van der Waals surface area contributed by atoms with Gasteiger partial charge in [0, 0.05) is 25.2 Å². The topological polar surface area (TPSA) is 175 Å². The molecule has 2 aliphatic rings. The van der Waals surface area contributed by atoms with E-state index in [2.05, 4.69) is 37.8 Å². The van der Waals surface area contributed by atoms with Crippen LogP contribution in [0.5, 0.6) is 0 Å². The number of imidazole rings is 1. The minimum atomic E-state index is -1.01. The lowest BCUT2D eigenvalue weighted by Crippen LogP contribution is -2.50. The van der Waals surface area contributed by atoms with Crippen LogP contribution in [0.2, 0.25) is 0 Å². The number of ether oxygens (including phenoxy) is 2. The first kappa shape index (κ1) is 43.9. The monoisotopic (exact) mass is 829 g/mol. The number of hydrogen-bond donors (Lipinski definition) is 4. The van der Waals surface area contributed by atoms with Crippen molar-refractivity contribution >= 4 is 29.9 Å². The summed E-state index contributed by atoms with van der Waals surface area (Å²) in [7, 11) is 0. The maximum atomic E-state index is 14.0. The van der Waals surface area contributed by atoms with E-state index in [-0.39, 0.29) is 30.3 Å². The molecule has 61 heavy (non-hydrogen) atoms. The number of hydrogen-bond acceptors (Lipinski definition) is 8. The molecule has 320 valence electrons. The Hall–Kier alpha value is -6.62. The average Bonchev–Trinajstić information content (AvgIpc) is 4.01. The van der Waals surface area contributed by atoms with Crippen LogP contribution in [-0.2, 0) is 30.4 Å². The smallest absolute Gasteiger partial charge is 0.408 e. The molecular formula is C47H55N7O7. The summed E-state index contributed by atoms with van der Waals surface area (Å²) >= 11 is 0. The summed E-state index contributed by atoms with van der Waals surface area (Å²) < 4.78 is 10.9. The molecule has 4 N–H and O–H groups in total. The number of H-pyrrole nitrogens is 1. The molecular weight excluding hydrogens is 775 g/mol. The van der Waals surface area contributed by atoms with E-state index >= 15 is 0 Å². The molecule has 0 unspecified atom stereocenters. The Bertz CT molecular complexity index is 2240. The number of carbonyl (C=O) groups is 5. The first-order valence-electron chi connectivity index (χ1n) is 20.7. The third-order valence-electron chi connectivity index (χ3n) is 10.1. The number of aromatic nitrogens is 2. The lowest BCUT2D eigenvalue weighted by atomic mass is 10.0. The quantitative estimate of drug-likeness (QED) is 0.129. The highest BCUT2D eigenvalue weighted by atomic mass is 16.6. The van der Waals surface area contributed by atoms with E-state index in [9.17, 15) is 24.0 Å². The molecule has 2 fully saturated rings. The Morgan fingerprint density at radius 2 is 1.25 bits per heavy atom. The molecule has 3 aromatic carbocycles. The standard InChI is InChI=1S/C47H55N7O7/c1-46(2,3)60-44(58)51-38(33-15-9-7-10-16-33)42(56)53-27-13-19-36(53)40-48-30-35(50-40)26-25-31-21-23-32(24-22-31)29-49-41(55)37-20-14-28-54(37)43(57)39(34-17-11-8-12-18-34)52-45(59)61-47(4,5)6/h7-12,15-18,21-24,30,36-39H,13-14,19-20,27-29H2,1-6H3,(H,48,50)(H,49,55)(H,51,58)(H,52,59)/t36-,37-,38+,39+/m0/s1. The van der Waals surface area contributed by atoms with Gasteiger partial charge in [0.15, 0.2) is 0 Å². The van der Waals surface area contributed by atoms with E-state index < -0.39 is 41.5 Å².